The topological polar surface area (TPSA) is 56.3 Å². The molecular formula is C12H15ClN4. The highest BCUT2D eigenvalue weighted by atomic mass is 35.5. The van der Waals surface area contributed by atoms with Gasteiger partial charge in [0.1, 0.15) is 6.07 Å². The Morgan fingerprint density at radius 3 is 2.53 bits per heavy atom. The second-order valence-electron chi connectivity index (χ2n) is 4.27. The molecule has 0 aliphatic carbocycles. The predicted molar refractivity (Wildman–Crippen MR) is 70.3 cm³/mol. The van der Waals surface area contributed by atoms with Crippen molar-refractivity contribution >= 4 is 23.0 Å². The zero-order chi connectivity index (χ0) is 12.4. The Morgan fingerprint density at radius 1 is 1.29 bits per heavy atom. The third-order valence-corrected chi connectivity index (χ3v) is 3.49. The molecule has 1 aliphatic heterocycles. The van der Waals surface area contributed by atoms with Crippen LogP contribution in [-0.4, -0.2) is 38.1 Å². The molecule has 2 rings (SSSR count). The standard InChI is InChI=1S/C12H15ClN4/c1-16-4-6-17(7-5-16)11-3-2-10(15)9(8-14)12(11)13/h2-3H,4-7,15H2,1H3. The molecule has 90 valence electrons. The average Bonchev–Trinajstić information content (AvgIpc) is 2.31. The van der Waals surface area contributed by atoms with Gasteiger partial charge in [0, 0.05) is 26.2 Å². The third-order valence-electron chi connectivity index (χ3n) is 3.11. The molecule has 1 heterocycles. The van der Waals surface area contributed by atoms with E-state index >= 15 is 0 Å². The van der Waals surface area contributed by atoms with E-state index in [4.69, 9.17) is 22.6 Å². The monoisotopic (exact) mass is 250 g/mol. The van der Waals surface area contributed by atoms with Crippen LogP contribution in [0.2, 0.25) is 5.02 Å². The van der Waals surface area contributed by atoms with Crippen molar-refractivity contribution < 1.29 is 0 Å². The lowest BCUT2D eigenvalue weighted by Crippen LogP contribution is -2.44. The van der Waals surface area contributed by atoms with Gasteiger partial charge in [-0.25, -0.2) is 0 Å². The second-order valence-corrected chi connectivity index (χ2v) is 4.64. The SMILES string of the molecule is CN1CCN(c2ccc(N)c(C#N)c2Cl)CC1. The highest BCUT2D eigenvalue weighted by molar-refractivity contribution is 6.34. The molecular weight excluding hydrogens is 236 g/mol. The van der Waals surface area contributed by atoms with Crippen molar-refractivity contribution in [3.8, 4) is 6.07 Å². The molecule has 0 spiro atoms. The molecule has 0 aromatic heterocycles. The summed E-state index contributed by atoms with van der Waals surface area (Å²) >= 11 is 6.23. The maximum atomic E-state index is 9.02. The van der Waals surface area contributed by atoms with Crippen LogP contribution in [0.1, 0.15) is 5.56 Å². The predicted octanol–water partition coefficient (Wildman–Crippen LogP) is 1.55. The normalized spacial score (nSPS) is 16.9. The summed E-state index contributed by atoms with van der Waals surface area (Å²) in [6.07, 6.45) is 0. The zero-order valence-corrected chi connectivity index (χ0v) is 10.5. The number of nitrogen functional groups attached to an aromatic ring is 1. The molecule has 1 saturated heterocycles. The molecule has 4 nitrogen and oxygen atoms in total. The van der Waals surface area contributed by atoms with Crippen LogP contribution >= 0.6 is 11.6 Å². The van der Waals surface area contributed by atoms with Gasteiger partial charge < -0.3 is 15.5 Å². The fourth-order valence-electron chi connectivity index (χ4n) is 1.99. The molecule has 1 aromatic carbocycles. The van der Waals surface area contributed by atoms with E-state index in [1.54, 1.807) is 6.07 Å². The van der Waals surface area contributed by atoms with Gasteiger partial charge in [-0.2, -0.15) is 5.26 Å². The summed E-state index contributed by atoms with van der Waals surface area (Å²) in [4.78, 5) is 4.47. The lowest BCUT2D eigenvalue weighted by molar-refractivity contribution is 0.313. The summed E-state index contributed by atoms with van der Waals surface area (Å²) in [6, 6.07) is 5.70. The number of benzene rings is 1. The molecule has 5 heteroatoms. The molecule has 1 aliphatic rings. The highest BCUT2D eigenvalue weighted by Crippen LogP contribution is 2.32. The lowest BCUT2D eigenvalue weighted by Gasteiger charge is -2.34. The van der Waals surface area contributed by atoms with Crippen LogP contribution in [0, 0.1) is 11.3 Å². The molecule has 0 atom stereocenters. The van der Waals surface area contributed by atoms with Crippen molar-refractivity contribution in [2.75, 3.05) is 43.9 Å². The minimum atomic E-state index is 0.378. The Hall–Kier alpha value is -1.44. The first-order valence-electron chi connectivity index (χ1n) is 5.55. The van der Waals surface area contributed by atoms with E-state index in [0.29, 0.717) is 16.3 Å². The lowest BCUT2D eigenvalue weighted by atomic mass is 10.1. The molecule has 0 radical (unpaired) electrons. The summed E-state index contributed by atoms with van der Waals surface area (Å²) in [5, 5.41) is 9.49. The fourth-order valence-corrected chi connectivity index (χ4v) is 2.32. The number of hydrogen-bond donors (Lipinski definition) is 1. The fraction of sp³-hybridized carbons (Fsp3) is 0.417. The summed E-state index contributed by atoms with van der Waals surface area (Å²) in [7, 11) is 2.10. The molecule has 1 aromatic rings. The first kappa shape index (κ1) is 12.0. The maximum Gasteiger partial charge on any atom is 0.103 e. The van der Waals surface area contributed by atoms with Crippen LogP contribution in [0.15, 0.2) is 12.1 Å². The van der Waals surface area contributed by atoms with E-state index in [-0.39, 0.29) is 0 Å². The van der Waals surface area contributed by atoms with Crippen LogP contribution in [0.3, 0.4) is 0 Å². The van der Waals surface area contributed by atoms with Gasteiger partial charge in [0.15, 0.2) is 0 Å². The first-order valence-corrected chi connectivity index (χ1v) is 5.93. The van der Waals surface area contributed by atoms with E-state index in [2.05, 4.69) is 22.9 Å². The van der Waals surface area contributed by atoms with Crippen molar-refractivity contribution in [3.05, 3.63) is 22.7 Å². The summed E-state index contributed by atoms with van der Waals surface area (Å²) in [5.41, 5.74) is 7.44. The van der Waals surface area contributed by atoms with Gasteiger partial charge in [-0.1, -0.05) is 11.6 Å². The van der Waals surface area contributed by atoms with Crippen molar-refractivity contribution in [1.82, 2.24) is 4.90 Å². The number of anilines is 2. The Bertz CT molecular complexity index is 458. The number of halogens is 1. The van der Waals surface area contributed by atoms with Gasteiger partial charge in [-0.15, -0.1) is 0 Å². The quantitative estimate of drug-likeness (QED) is 0.769. The number of nitrogens with zero attached hydrogens (tertiary/aromatic N) is 3. The van der Waals surface area contributed by atoms with E-state index in [0.717, 1.165) is 31.9 Å². The van der Waals surface area contributed by atoms with Crippen molar-refractivity contribution in [1.29, 1.82) is 5.26 Å². The van der Waals surface area contributed by atoms with E-state index < -0.39 is 0 Å². The Morgan fingerprint density at radius 2 is 1.94 bits per heavy atom. The molecule has 0 saturated carbocycles. The number of piperazine rings is 1. The minimum Gasteiger partial charge on any atom is -0.398 e. The zero-order valence-electron chi connectivity index (χ0n) is 9.78. The van der Waals surface area contributed by atoms with Crippen molar-refractivity contribution in [2.24, 2.45) is 0 Å². The van der Waals surface area contributed by atoms with Gasteiger partial charge in [0.05, 0.1) is 22.0 Å². The Balaban J connectivity index is 2.31. The largest absolute Gasteiger partial charge is 0.398 e. The second kappa shape index (κ2) is 4.82. The van der Waals surface area contributed by atoms with Gasteiger partial charge in [0.2, 0.25) is 0 Å². The molecule has 1 fully saturated rings. The minimum absolute atomic E-state index is 0.378. The Kier molecular flexibility index (Phi) is 3.41. The van der Waals surface area contributed by atoms with Gasteiger partial charge >= 0.3 is 0 Å². The number of nitriles is 1. The maximum absolute atomic E-state index is 9.02. The van der Waals surface area contributed by atoms with Crippen LogP contribution < -0.4 is 10.6 Å². The van der Waals surface area contributed by atoms with Crippen molar-refractivity contribution in [2.45, 2.75) is 0 Å². The van der Waals surface area contributed by atoms with E-state index in [1.807, 2.05) is 6.07 Å². The van der Waals surface area contributed by atoms with E-state index in [9.17, 15) is 0 Å². The van der Waals surface area contributed by atoms with Gasteiger partial charge in [0.25, 0.3) is 0 Å². The highest BCUT2D eigenvalue weighted by Gasteiger charge is 2.19. The average molecular weight is 251 g/mol. The summed E-state index contributed by atoms with van der Waals surface area (Å²) in [6.45, 7) is 3.85. The van der Waals surface area contributed by atoms with Crippen LogP contribution in [-0.2, 0) is 0 Å². The summed E-state index contributed by atoms with van der Waals surface area (Å²) in [5.74, 6) is 0. The van der Waals surface area contributed by atoms with Crippen LogP contribution in [0.4, 0.5) is 11.4 Å². The molecule has 0 bridgehead atoms. The summed E-state index contributed by atoms with van der Waals surface area (Å²) < 4.78 is 0. The molecule has 0 unspecified atom stereocenters. The van der Waals surface area contributed by atoms with E-state index in [1.165, 1.54) is 0 Å². The number of rotatable bonds is 1. The molecule has 0 amide bonds. The van der Waals surface area contributed by atoms with Crippen molar-refractivity contribution in [3.63, 3.8) is 0 Å². The van der Waals surface area contributed by atoms with Crippen LogP contribution in [0.25, 0.3) is 0 Å². The smallest absolute Gasteiger partial charge is 0.103 e. The third kappa shape index (κ3) is 2.31. The van der Waals surface area contributed by atoms with Gasteiger partial charge in [-0.3, -0.25) is 0 Å². The molecule has 17 heavy (non-hydrogen) atoms. The number of likely N-dealkylation sites (N-methyl/N-ethyl adjacent to an activating group) is 1. The number of hydrogen-bond acceptors (Lipinski definition) is 4. The first-order chi connectivity index (χ1) is 8.13. The van der Waals surface area contributed by atoms with Gasteiger partial charge in [-0.05, 0) is 19.2 Å². The number of nitrogens with two attached hydrogens (primary N) is 1. The molecule has 2 N–H and O–H groups in total. The van der Waals surface area contributed by atoms with Crippen LogP contribution in [0.5, 0.6) is 0 Å². The Labute approximate surface area is 106 Å².